The van der Waals surface area contributed by atoms with Crippen molar-refractivity contribution >= 4 is 11.6 Å². The maximum Gasteiger partial charge on any atom is 0.241 e. The van der Waals surface area contributed by atoms with E-state index in [1.54, 1.807) is 0 Å². The third-order valence-electron chi connectivity index (χ3n) is 3.22. The summed E-state index contributed by atoms with van der Waals surface area (Å²) >= 11 is 0. The number of nitrogens with zero attached hydrogens (tertiary/aromatic N) is 1. The second-order valence-electron chi connectivity index (χ2n) is 4.43. The van der Waals surface area contributed by atoms with Gasteiger partial charge in [-0.3, -0.25) is 9.69 Å². The second-order valence-corrected chi connectivity index (χ2v) is 4.43. The SMILES string of the molecule is CC[C@H](C(=O)Nc1ccccc1)N1CCOCC1. The Morgan fingerprint density at radius 2 is 2.00 bits per heavy atom. The largest absolute Gasteiger partial charge is 0.379 e. The van der Waals surface area contributed by atoms with Crippen LogP contribution in [0.1, 0.15) is 13.3 Å². The highest BCUT2D eigenvalue weighted by Gasteiger charge is 2.25. The number of rotatable bonds is 4. The van der Waals surface area contributed by atoms with Gasteiger partial charge in [-0.25, -0.2) is 0 Å². The van der Waals surface area contributed by atoms with Crippen LogP contribution in [-0.2, 0) is 9.53 Å². The Morgan fingerprint density at radius 1 is 1.33 bits per heavy atom. The molecule has 0 unspecified atom stereocenters. The Balaban J connectivity index is 1.96. The molecule has 1 fully saturated rings. The minimum absolute atomic E-state index is 0.0610. The van der Waals surface area contributed by atoms with E-state index in [9.17, 15) is 4.79 Å². The van der Waals surface area contributed by atoms with Gasteiger partial charge in [0.15, 0.2) is 0 Å². The molecular formula is C14H20N2O2. The lowest BCUT2D eigenvalue weighted by molar-refractivity contribution is -0.123. The molecule has 0 bridgehead atoms. The first kappa shape index (κ1) is 13.1. The molecule has 0 aliphatic carbocycles. The molecule has 2 rings (SSSR count). The topological polar surface area (TPSA) is 41.6 Å². The molecule has 1 N–H and O–H groups in total. The molecule has 1 saturated heterocycles. The zero-order chi connectivity index (χ0) is 12.8. The van der Waals surface area contributed by atoms with Crippen molar-refractivity contribution in [1.29, 1.82) is 0 Å². The number of ether oxygens (including phenoxy) is 1. The van der Waals surface area contributed by atoms with Gasteiger partial charge in [-0.2, -0.15) is 0 Å². The summed E-state index contributed by atoms with van der Waals surface area (Å²) in [6, 6.07) is 9.54. The van der Waals surface area contributed by atoms with E-state index in [2.05, 4.69) is 10.2 Å². The lowest BCUT2D eigenvalue weighted by Gasteiger charge is -2.32. The number of hydrogen-bond donors (Lipinski definition) is 1. The monoisotopic (exact) mass is 248 g/mol. The molecule has 0 aromatic heterocycles. The van der Waals surface area contributed by atoms with Crippen LogP contribution in [0.2, 0.25) is 0 Å². The Kier molecular flexibility index (Phi) is 4.73. The number of para-hydroxylation sites is 1. The summed E-state index contributed by atoms with van der Waals surface area (Å²) in [5.41, 5.74) is 0.856. The summed E-state index contributed by atoms with van der Waals surface area (Å²) in [5, 5.41) is 2.97. The molecule has 1 aliphatic heterocycles. The van der Waals surface area contributed by atoms with E-state index in [1.165, 1.54) is 0 Å². The number of carbonyl (C=O) groups excluding carboxylic acids is 1. The van der Waals surface area contributed by atoms with Gasteiger partial charge in [0, 0.05) is 18.8 Å². The normalized spacial score (nSPS) is 18.3. The van der Waals surface area contributed by atoms with Gasteiger partial charge < -0.3 is 10.1 Å². The van der Waals surface area contributed by atoms with Crippen LogP contribution in [0.25, 0.3) is 0 Å². The Labute approximate surface area is 108 Å². The number of hydrogen-bond acceptors (Lipinski definition) is 3. The van der Waals surface area contributed by atoms with E-state index in [0.29, 0.717) is 0 Å². The third kappa shape index (κ3) is 3.31. The molecule has 4 nitrogen and oxygen atoms in total. The van der Waals surface area contributed by atoms with Gasteiger partial charge in [0.2, 0.25) is 5.91 Å². The van der Waals surface area contributed by atoms with E-state index in [0.717, 1.165) is 38.4 Å². The lowest BCUT2D eigenvalue weighted by Crippen LogP contribution is -2.48. The zero-order valence-corrected chi connectivity index (χ0v) is 10.8. The molecule has 1 aromatic rings. The predicted molar refractivity (Wildman–Crippen MR) is 71.5 cm³/mol. The highest BCUT2D eigenvalue weighted by Crippen LogP contribution is 2.12. The average molecular weight is 248 g/mol. The smallest absolute Gasteiger partial charge is 0.241 e. The first-order valence-electron chi connectivity index (χ1n) is 6.49. The summed E-state index contributed by atoms with van der Waals surface area (Å²) in [6.07, 6.45) is 0.818. The van der Waals surface area contributed by atoms with Crippen molar-refractivity contribution < 1.29 is 9.53 Å². The molecule has 1 amide bonds. The third-order valence-corrected chi connectivity index (χ3v) is 3.22. The molecule has 4 heteroatoms. The summed E-state index contributed by atoms with van der Waals surface area (Å²) in [6.45, 7) is 5.15. The highest BCUT2D eigenvalue weighted by molar-refractivity contribution is 5.94. The van der Waals surface area contributed by atoms with E-state index in [-0.39, 0.29) is 11.9 Å². The zero-order valence-electron chi connectivity index (χ0n) is 10.8. The van der Waals surface area contributed by atoms with Gasteiger partial charge in [0.1, 0.15) is 0 Å². The van der Waals surface area contributed by atoms with Gasteiger partial charge in [0.05, 0.1) is 19.3 Å². The van der Waals surface area contributed by atoms with Gasteiger partial charge in [-0.05, 0) is 18.6 Å². The van der Waals surface area contributed by atoms with Gasteiger partial charge >= 0.3 is 0 Å². The minimum atomic E-state index is -0.0610. The summed E-state index contributed by atoms with van der Waals surface area (Å²) in [7, 11) is 0. The number of nitrogens with one attached hydrogen (secondary N) is 1. The fraction of sp³-hybridized carbons (Fsp3) is 0.500. The molecule has 1 aliphatic rings. The summed E-state index contributed by atoms with van der Waals surface area (Å²) in [5.74, 6) is 0.0746. The van der Waals surface area contributed by atoms with Crippen LogP contribution in [0, 0.1) is 0 Å². The molecule has 0 spiro atoms. The first-order valence-corrected chi connectivity index (χ1v) is 6.49. The van der Waals surface area contributed by atoms with Crippen LogP contribution in [-0.4, -0.2) is 43.2 Å². The number of carbonyl (C=O) groups is 1. The van der Waals surface area contributed by atoms with Crippen molar-refractivity contribution in [1.82, 2.24) is 4.90 Å². The number of anilines is 1. The van der Waals surface area contributed by atoms with Gasteiger partial charge in [-0.15, -0.1) is 0 Å². The second kappa shape index (κ2) is 6.52. The Hall–Kier alpha value is -1.39. The number of morpholine rings is 1. The van der Waals surface area contributed by atoms with Crippen molar-refractivity contribution in [2.75, 3.05) is 31.6 Å². The number of benzene rings is 1. The van der Waals surface area contributed by atoms with Gasteiger partial charge in [-0.1, -0.05) is 25.1 Å². The van der Waals surface area contributed by atoms with Crippen molar-refractivity contribution in [3.05, 3.63) is 30.3 Å². The molecule has 0 radical (unpaired) electrons. The van der Waals surface area contributed by atoms with Crippen LogP contribution in [0.15, 0.2) is 30.3 Å². The fourth-order valence-electron chi connectivity index (χ4n) is 2.25. The molecule has 1 aromatic carbocycles. The molecule has 98 valence electrons. The molecule has 1 atom stereocenters. The van der Waals surface area contributed by atoms with Crippen LogP contribution in [0.3, 0.4) is 0 Å². The van der Waals surface area contributed by atoms with Crippen molar-refractivity contribution in [3.63, 3.8) is 0 Å². The van der Waals surface area contributed by atoms with E-state index < -0.39 is 0 Å². The first-order chi connectivity index (χ1) is 8.81. The number of amides is 1. The van der Waals surface area contributed by atoms with Gasteiger partial charge in [0.25, 0.3) is 0 Å². The summed E-state index contributed by atoms with van der Waals surface area (Å²) < 4.78 is 5.32. The van der Waals surface area contributed by atoms with Crippen molar-refractivity contribution in [2.45, 2.75) is 19.4 Å². The molecule has 18 heavy (non-hydrogen) atoms. The molecule has 1 heterocycles. The van der Waals surface area contributed by atoms with Crippen molar-refractivity contribution in [3.8, 4) is 0 Å². The summed E-state index contributed by atoms with van der Waals surface area (Å²) in [4.78, 5) is 14.4. The van der Waals surface area contributed by atoms with Crippen LogP contribution in [0.4, 0.5) is 5.69 Å². The fourth-order valence-corrected chi connectivity index (χ4v) is 2.25. The van der Waals surface area contributed by atoms with E-state index in [4.69, 9.17) is 4.74 Å². The van der Waals surface area contributed by atoms with E-state index in [1.807, 2.05) is 37.3 Å². The van der Waals surface area contributed by atoms with Crippen LogP contribution < -0.4 is 5.32 Å². The Bertz CT molecular complexity index is 375. The quantitative estimate of drug-likeness (QED) is 0.882. The Morgan fingerprint density at radius 3 is 2.61 bits per heavy atom. The van der Waals surface area contributed by atoms with E-state index >= 15 is 0 Å². The van der Waals surface area contributed by atoms with Crippen LogP contribution >= 0.6 is 0 Å². The highest BCUT2D eigenvalue weighted by atomic mass is 16.5. The minimum Gasteiger partial charge on any atom is -0.379 e. The van der Waals surface area contributed by atoms with Crippen LogP contribution in [0.5, 0.6) is 0 Å². The van der Waals surface area contributed by atoms with Crippen molar-refractivity contribution in [2.24, 2.45) is 0 Å². The maximum absolute atomic E-state index is 12.2. The molecule has 0 saturated carbocycles. The predicted octanol–water partition coefficient (Wildman–Crippen LogP) is 1.74. The lowest BCUT2D eigenvalue weighted by atomic mass is 10.1. The molecular weight excluding hydrogens is 228 g/mol. The maximum atomic E-state index is 12.2. The standard InChI is InChI=1S/C14H20N2O2/c1-2-13(16-8-10-18-11-9-16)14(17)15-12-6-4-3-5-7-12/h3-7,13H,2,8-11H2,1H3,(H,15,17)/t13-/m1/s1. The average Bonchev–Trinajstić information content (AvgIpc) is 2.42.